The lowest BCUT2D eigenvalue weighted by atomic mass is 10.0. The lowest BCUT2D eigenvalue weighted by molar-refractivity contribution is 0.550. The minimum absolute atomic E-state index is 0.673. The summed E-state index contributed by atoms with van der Waals surface area (Å²) >= 11 is 3.72. The van der Waals surface area contributed by atoms with E-state index in [0.717, 1.165) is 12.3 Å². The van der Waals surface area contributed by atoms with Crippen LogP contribution in [-0.2, 0) is 13.5 Å². The van der Waals surface area contributed by atoms with E-state index in [9.17, 15) is 0 Å². The molecule has 2 nitrogen and oxygen atoms in total. The predicted molar refractivity (Wildman–Crippen MR) is 68.3 cm³/mol. The van der Waals surface area contributed by atoms with E-state index in [1.807, 2.05) is 17.9 Å². The first-order valence-electron chi connectivity index (χ1n) is 5.71. The molecule has 0 aliphatic rings. The second-order valence-corrected chi connectivity index (χ2v) is 5.70. The second kappa shape index (κ2) is 6.31. The lowest BCUT2D eigenvalue weighted by Gasteiger charge is -2.12. The highest BCUT2D eigenvalue weighted by Crippen LogP contribution is 2.19. The van der Waals surface area contributed by atoms with Gasteiger partial charge in [0.05, 0.1) is 6.20 Å². The van der Waals surface area contributed by atoms with Crippen LogP contribution in [0.2, 0.25) is 0 Å². The molecule has 0 N–H and O–H groups in total. The number of rotatable bonds is 6. The monoisotopic (exact) mass is 272 g/mol. The number of hydrogen-bond donors (Lipinski definition) is 0. The molecule has 0 aliphatic heterocycles. The van der Waals surface area contributed by atoms with E-state index in [0.29, 0.717) is 4.83 Å². The number of aryl methyl sites for hydroxylation is 2. The zero-order chi connectivity index (χ0) is 11.3. The fourth-order valence-electron chi connectivity index (χ4n) is 1.60. The lowest BCUT2D eigenvalue weighted by Crippen LogP contribution is -2.06. The number of aromatic nitrogens is 2. The molecule has 0 amide bonds. The third-order valence-electron chi connectivity index (χ3n) is 2.68. The largest absolute Gasteiger partial charge is 0.276 e. The third-order valence-corrected chi connectivity index (χ3v) is 4.19. The van der Waals surface area contributed by atoms with Gasteiger partial charge in [0.15, 0.2) is 0 Å². The molecule has 15 heavy (non-hydrogen) atoms. The van der Waals surface area contributed by atoms with Crippen LogP contribution in [0.1, 0.15) is 38.7 Å². The number of hydrogen-bond acceptors (Lipinski definition) is 1. The van der Waals surface area contributed by atoms with E-state index in [1.165, 1.54) is 24.8 Å². The summed E-state index contributed by atoms with van der Waals surface area (Å²) in [6.07, 6.45) is 9.06. The molecule has 0 bridgehead atoms. The average Bonchev–Trinajstić information content (AvgIpc) is 2.58. The smallest absolute Gasteiger partial charge is 0.0521 e. The van der Waals surface area contributed by atoms with E-state index in [4.69, 9.17) is 0 Å². The Morgan fingerprint density at radius 1 is 1.40 bits per heavy atom. The Bertz CT molecular complexity index is 281. The minimum Gasteiger partial charge on any atom is -0.276 e. The van der Waals surface area contributed by atoms with Crippen LogP contribution < -0.4 is 0 Å². The van der Waals surface area contributed by atoms with Gasteiger partial charge >= 0.3 is 0 Å². The fourth-order valence-corrected chi connectivity index (χ4v) is 1.93. The van der Waals surface area contributed by atoms with Gasteiger partial charge in [-0.1, -0.05) is 36.2 Å². The van der Waals surface area contributed by atoms with Gasteiger partial charge in [0.2, 0.25) is 0 Å². The Morgan fingerprint density at radius 3 is 2.67 bits per heavy atom. The van der Waals surface area contributed by atoms with Gasteiger partial charge in [-0.2, -0.15) is 5.10 Å². The molecule has 0 radical (unpaired) electrons. The zero-order valence-corrected chi connectivity index (χ0v) is 11.5. The van der Waals surface area contributed by atoms with Crippen molar-refractivity contribution in [2.45, 2.75) is 44.4 Å². The summed E-state index contributed by atoms with van der Waals surface area (Å²) in [6.45, 7) is 4.53. The van der Waals surface area contributed by atoms with Crippen LogP contribution in [0.15, 0.2) is 12.4 Å². The van der Waals surface area contributed by atoms with Gasteiger partial charge in [-0.05, 0) is 30.7 Å². The van der Waals surface area contributed by atoms with E-state index in [2.05, 4.69) is 41.1 Å². The number of nitrogens with zero attached hydrogens (tertiary/aromatic N) is 2. The maximum atomic E-state index is 4.17. The number of unbranched alkanes of at least 4 members (excludes halogenated alkanes) is 1. The summed E-state index contributed by atoms with van der Waals surface area (Å²) in [7, 11) is 1.97. The summed E-state index contributed by atoms with van der Waals surface area (Å²) in [5.74, 6) is 0.739. The topological polar surface area (TPSA) is 17.8 Å². The maximum Gasteiger partial charge on any atom is 0.0521 e. The second-order valence-electron chi connectivity index (χ2n) is 4.53. The highest BCUT2D eigenvalue weighted by Gasteiger charge is 2.08. The molecule has 1 unspecified atom stereocenters. The van der Waals surface area contributed by atoms with Gasteiger partial charge in [-0.25, -0.2) is 0 Å². The molecular weight excluding hydrogens is 252 g/mol. The van der Waals surface area contributed by atoms with Crippen LogP contribution >= 0.6 is 15.9 Å². The van der Waals surface area contributed by atoms with Gasteiger partial charge < -0.3 is 0 Å². The quantitative estimate of drug-likeness (QED) is 0.572. The highest BCUT2D eigenvalue weighted by atomic mass is 79.9. The van der Waals surface area contributed by atoms with Crippen LogP contribution in [0.5, 0.6) is 0 Å². The van der Waals surface area contributed by atoms with Crippen LogP contribution in [0.4, 0.5) is 0 Å². The standard InChI is InChI=1S/C12H21BrN2/c1-10(2)12(13)7-5-4-6-11-8-14-15(3)9-11/h8-10,12H,4-7H2,1-3H3. The van der Waals surface area contributed by atoms with E-state index >= 15 is 0 Å². The third kappa shape index (κ3) is 4.83. The first-order chi connectivity index (χ1) is 7.09. The molecule has 1 aromatic rings. The Morgan fingerprint density at radius 2 is 2.13 bits per heavy atom. The molecule has 1 aromatic heterocycles. The Kier molecular flexibility index (Phi) is 5.37. The van der Waals surface area contributed by atoms with Crippen molar-refractivity contribution < 1.29 is 0 Å². The Balaban J connectivity index is 2.12. The summed E-state index contributed by atoms with van der Waals surface area (Å²) in [6, 6.07) is 0. The molecule has 1 heterocycles. The van der Waals surface area contributed by atoms with Gasteiger partial charge in [0, 0.05) is 18.1 Å². The maximum absolute atomic E-state index is 4.17. The minimum atomic E-state index is 0.673. The predicted octanol–water partition coefficient (Wildman–Crippen LogP) is 3.55. The van der Waals surface area contributed by atoms with Crippen molar-refractivity contribution in [3.63, 3.8) is 0 Å². The molecule has 0 saturated carbocycles. The van der Waals surface area contributed by atoms with Crippen LogP contribution in [0.25, 0.3) is 0 Å². The molecule has 86 valence electrons. The molecule has 0 aliphatic carbocycles. The molecule has 0 aromatic carbocycles. The van der Waals surface area contributed by atoms with Crippen molar-refractivity contribution >= 4 is 15.9 Å². The molecule has 3 heteroatoms. The summed E-state index contributed by atoms with van der Waals surface area (Å²) < 4.78 is 1.87. The molecule has 0 fully saturated rings. The number of alkyl halides is 1. The van der Waals surface area contributed by atoms with Crippen LogP contribution in [0, 0.1) is 5.92 Å². The first kappa shape index (κ1) is 12.8. The molecule has 1 rings (SSSR count). The normalized spacial score (nSPS) is 13.4. The molecule has 0 spiro atoms. The van der Waals surface area contributed by atoms with Crippen molar-refractivity contribution in [1.29, 1.82) is 0 Å². The summed E-state index contributed by atoms with van der Waals surface area (Å²) in [4.78, 5) is 0.673. The molecule has 1 atom stereocenters. The van der Waals surface area contributed by atoms with Crippen molar-refractivity contribution in [2.24, 2.45) is 13.0 Å². The van der Waals surface area contributed by atoms with Crippen LogP contribution in [-0.4, -0.2) is 14.6 Å². The van der Waals surface area contributed by atoms with Crippen molar-refractivity contribution in [3.05, 3.63) is 18.0 Å². The Hall–Kier alpha value is -0.310. The van der Waals surface area contributed by atoms with E-state index in [1.54, 1.807) is 0 Å². The summed E-state index contributed by atoms with van der Waals surface area (Å²) in [5.41, 5.74) is 1.35. The number of halogens is 1. The molecule has 0 saturated heterocycles. The van der Waals surface area contributed by atoms with Crippen LogP contribution in [0.3, 0.4) is 0 Å². The molecular formula is C12H21BrN2. The average molecular weight is 273 g/mol. The van der Waals surface area contributed by atoms with E-state index < -0.39 is 0 Å². The van der Waals surface area contributed by atoms with Gasteiger partial charge in [-0.3, -0.25) is 4.68 Å². The van der Waals surface area contributed by atoms with Crippen molar-refractivity contribution in [1.82, 2.24) is 9.78 Å². The highest BCUT2D eigenvalue weighted by molar-refractivity contribution is 9.09. The first-order valence-corrected chi connectivity index (χ1v) is 6.62. The van der Waals surface area contributed by atoms with Crippen molar-refractivity contribution in [3.8, 4) is 0 Å². The zero-order valence-electron chi connectivity index (χ0n) is 9.91. The van der Waals surface area contributed by atoms with Gasteiger partial charge in [-0.15, -0.1) is 0 Å². The Labute approximate surface area is 101 Å². The fraction of sp³-hybridized carbons (Fsp3) is 0.750. The van der Waals surface area contributed by atoms with Gasteiger partial charge in [0.25, 0.3) is 0 Å². The summed E-state index contributed by atoms with van der Waals surface area (Å²) in [5, 5.41) is 4.17. The van der Waals surface area contributed by atoms with Gasteiger partial charge in [0.1, 0.15) is 0 Å². The van der Waals surface area contributed by atoms with E-state index in [-0.39, 0.29) is 0 Å². The SMILES string of the molecule is CC(C)C(Br)CCCCc1cnn(C)c1. The van der Waals surface area contributed by atoms with Crippen molar-refractivity contribution in [2.75, 3.05) is 0 Å².